The second-order valence-electron chi connectivity index (χ2n) is 8.85. The van der Waals surface area contributed by atoms with Gasteiger partial charge in [0.25, 0.3) is 0 Å². The number of amides is 1. The van der Waals surface area contributed by atoms with Crippen LogP contribution in [0.2, 0.25) is 0 Å². The van der Waals surface area contributed by atoms with E-state index in [9.17, 15) is 15.0 Å². The molecule has 2 aromatic carbocycles. The molecule has 0 spiro atoms. The molecule has 2 N–H and O–H groups in total. The molecule has 1 amide bonds. The number of phenolic OH excluding ortho intramolecular Hbond substituents is 2. The molecule has 2 aliphatic heterocycles. The molecule has 0 unspecified atom stereocenters. The standard InChI is InChI=1S/C23H25FN4O5/c1-23(11-33-12-23)28-16-5-4-13(27-7-6-26(2)10-18(27)29)8-15(16)25-22(28)14-9-17(32-3)20(30)21(31)19(14)24/h4-5,8-9,30-31H,6-7,10-12H2,1-3H3. The lowest BCUT2D eigenvalue weighted by atomic mass is 9.98. The maximum atomic E-state index is 15.1. The number of halogens is 1. The number of nitrogens with zero attached hydrogens (tertiary/aromatic N) is 4. The first-order valence-corrected chi connectivity index (χ1v) is 10.6. The van der Waals surface area contributed by atoms with E-state index in [1.807, 2.05) is 41.6 Å². The van der Waals surface area contributed by atoms with Crippen molar-refractivity contribution < 1.29 is 28.9 Å². The van der Waals surface area contributed by atoms with E-state index in [0.29, 0.717) is 31.8 Å². The predicted molar refractivity (Wildman–Crippen MR) is 119 cm³/mol. The number of aromatic hydroxyl groups is 2. The smallest absolute Gasteiger partial charge is 0.241 e. The van der Waals surface area contributed by atoms with Crippen LogP contribution in [0.5, 0.6) is 17.2 Å². The Morgan fingerprint density at radius 2 is 1.94 bits per heavy atom. The van der Waals surface area contributed by atoms with Crippen LogP contribution in [0.15, 0.2) is 24.3 Å². The van der Waals surface area contributed by atoms with Crippen LogP contribution in [0.3, 0.4) is 0 Å². The van der Waals surface area contributed by atoms with E-state index in [1.165, 1.54) is 13.2 Å². The highest BCUT2D eigenvalue weighted by atomic mass is 19.1. The summed E-state index contributed by atoms with van der Waals surface area (Å²) in [6.07, 6.45) is 0. The first-order valence-electron chi connectivity index (χ1n) is 10.6. The van der Waals surface area contributed by atoms with Crippen LogP contribution in [0.25, 0.3) is 22.4 Å². The zero-order valence-corrected chi connectivity index (χ0v) is 18.6. The Morgan fingerprint density at radius 3 is 2.58 bits per heavy atom. The van der Waals surface area contributed by atoms with Crippen LogP contribution < -0.4 is 9.64 Å². The number of hydrogen-bond acceptors (Lipinski definition) is 7. The lowest BCUT2D eigenvalue weighted by Gasteiger charge is -2.41. The van der Waals surface area contributed by atoms with Crippen LogP contribution in [0.4, 0.5) is 10.1 Å². The topological polar surface area (TPSA) is 100 Å². The van der Waals surface area contributed by atoms with Gasteiger partial charge in [0.15, 0.2) is 17.3 Å². The molecule has 5 rings (SSSR count). The van der Waals surface area contributed by atoms with Gasteiger partial charge in [-0.05, 0) is 38.2 Å². The second kappa shape index (κ2) is 7.60. The van der Waals surface area contributed by atoms with E-state index in [2.05, 4.69) is 0 Å². The summed E-state index contributed by atoms with van der Waals surface area (Å²) < 4.78 is 27.6. The molecule has 2 aliphatic rings. The molecule has 2 saturated heterocycles. The van der Waals surface area contributed by atoms with Gasteiger partial charge >= 0.3 is 0 Å². The summed E-state index contributed by atoms with van der Waals surface area (Å²) in [5, 5.41) is 20.1. The van der Waals surface area contributed by atoms with Crippen molar-refractivity contribution in [1.29, 1.82) is 0 Å². The minimum absolute atomic E-state index is 0.00125. The predicted octanol–water partition coefficient (Wildman–Crippen LogP) is 2.29. The van der Waals surface area contributed by atoms with E-state index in [1.54, 1.807) is 4.90 Å². The normalized spacial score (nSPS) is 18.5. The number of aromatic nitrogens is 2. The highest BCUT2D eigenvalue weighted by Crippen LogP contribution is 2.45. The summed E-state index contributed by atoms with van der Waals surface area (Å²) >= 11 is 0. The van der Waals surface area contributed by atoms with E-state index >= 15 is 4.39 Å². The van der Waals surface area contributed by atoms with Crippen LogP contribution in [-0.2, 0) is 15.1 Å². The van der Waals surface area contributed by atoms with Gasteiger partial charge in [0, 0.05) is 18.8 Å². The molecule has 0 radical (unpaired) electrons. The molecule has 3 aromatic rings. The van der Waals surface area contributed by atoms with Gasteiger partial charge in [-0.15, -0.1) is 0 Å². The van der Waals surface area contributed by atoms with Gasteiger partial charge < -0.3 is 29.2 Å². The molecule has 0 atom stereocenters. The van der Waals surface area contributed by atoms with Gasteiger partial charge in [-0.2, -0.15) is 0 Å². The summed E-state index contributed by atoms with van der Waals surface area (Å²) in [4.78, 5) is 21.0. The number of piperazine rings is 1. The first kappa shape index (κ1) is 21.5. The SMILES string of the molecule is COc1cc(-c2nc3cc(N4CCN(C)CC4=O)ccc3n2C2(C)COC2)c(F)c(O)c1O. The number of fused-ring (bicyclic) bond motifs is 1. The molecule has 1 aromatic heterocycles. The Morgan fingerprint density at radius 1 is 1.18 bits per heavy atom. The van der Waals surface area contributed by atoms with Gasteiger partial charge in [0.1, 0.15) is 5.82 Å². The molecule has 9 nitrogen and oxygen atoms in total. The average Bonchev–Trinajstić information content (AvgIpc) is 3.15. The van der Waals surface area contributed by atoms with Crippen LogP contribution in [0.1, 0.15) is 6.92 Å². The van der Waals surface area contributed by atoms with Crippen molar-refractivity contribution in [3.8, 4) is 28.6 Å². The fourth-order valence-electron chi connectivity index (χ4n) is 4.48. The third kappa shape index (κ3) is 3.28. The minimum atomic E-state index is -0.997. The molecular formula is C23H25FN4O5. The number of ether oxygens (including phenoxy) is 2. The van der Waals surface area contributed by atoms with Gasteiger partial charge in [0.2, 0.25) is 11.7 Å². The zero-order valence-electron chi connectivity index (χ0n) is 18.6. The van der Waals surface area contributed by atoms with E-state index in [4.69, 9.17) is 14.5 Å². The van der Waals surface area contributed by atoms with Gasteiger partial charge in [0.05, 0.1) is 49.0 Å². The van der Waals surface area contributed by atoms with Gasteiger partial charge in [-0.25, -0.2) is 9.37 Å². The number of rotatable bonds is 4. The average molecular weight is 456 g/mol. The Hall–Kier alpha value is -3.37. The fourth-order valence-corrected chi connectivity index (χ4v) is 4.48. The number of likely N-dealkylation sites (N-methyl/N-ethyl adjacent to an activating group) is 1. The van der Waals surface area contributed by atoms with Crippen molar-refractivity contribution in [1.82, 2.24) is 14.5 Å². The van der Waals surface area contributed by atoms with Gasteiger partial charge in [-0.1, -0.05) is 0 Å². The number of carbonyl (C=O) groups is 1. The largest absolute Gasteiger partial charge is 0.502 e. The highest BCUT2D eigenvalue weighted by molar-refractivity contribution is 5.97. The number of carbonyl (C=O) groups excluding carboxylic acids is 1. The summed E-state index contributed by atoms with van der Waals surface area (Å²) in [5.41, 5.74) is 1.55. The summed E-state index contributed by atoms with van der Waals surface area (Å²) in [7, 11) is 3.23. The van der Waals surface area contributed by atoms with Crippen molar-refractivity contribution in [3.63, 3.8) is 0 Å². The molecule has 10 heteroatoms. The van der Waals surface area contributed by atoms with E-state index in [-0.39, 0.29) is 23.0 Å². The maximum Gasteiger partial charge on any atom is 0.241 e. The summed E-state index contributed by atoms with van der Waals surface area (Å²) in [6.45, 7) is 4.47. The Kier molecular flexibility index (Phi) is 4.95. The van der Waals surface area contributed by atoms with Crippen molar-refractivity contribution in [2.75, 3.05) is 51.9 Å². The number of benzene rings is 2. The van der Waals surface area contributed by atoms with Crippen molar-refractivity contribution in [3.05, 3.63) is 30.1 Å². The molecule has 0 aliphatic carbocycles. The number of imidazole rings is 1. The lowest BCUT2D eigenvalue weighted by Crippen LogP contribution is -2.49. The second-order valence-corrected chi connectivity index (χ2v) is 8.85. The minimum Gasteiger partial charge on any atom is -0.502 e. The Bertz CT molecular complexity index is 1270. The molecule has 174 valence electrons. The molecule has 3 heterocycles. The number of methoxy groups -OCH3 is 1. The van der Waals surface area contributed by atoms with Crippen LogP contribution in [0, 0.1) is 5.82 Å². The van der Waals surface area contributed by atoms with Gasteiger partial charge in [-0.3, -0.25) is 9.69 Å². The fraction of sp³-hybridized carbons (Fsp3) is 0.391. The van der Waals surface area contributed by atoms with Crippen molar-refractivity contribution in [2.45, 2.75) is 12.5 Å². The lowest BCUT2D eigenvalue weighted by molar-refractivity contribution is -0.120. The third-order valence-electron chi connectivity index (χ3n) is 6.37. The summed E-state index contributed by atoms with van der Waals surface area (Å²) in [5.74, 6) is -2.37. The number of hydrogen-bond donors (Lipinski definition) is 2. The van der Waals surface area contributed by atoms with Crippen LogP contribution in [-0.4, -0.2) is 77.6 Å². The Labute approximate surface area is 189 Å². The zero-order chi connectivity index (χ0) is 23.5. The maximum absolute atomic E-state index is 15.1. The molecular weight excluding hydrogens is 431 g/mol. The van der Waals surface area contributed by atoms with E-state index in [0.717, 1.165) is 17.7 Å². The number of anilines is 1. The third-order valence-corrected chi connectivity index (χ3v) is 6.37. The highest BCUT2D eigenvalue weighted by Gasteiger charge is 2.39. The van der Waals surface area contributed by atoms with Crippen molar-refractivity contribution in [2.24, 2.45) is 0 Å². The first-order chi connectivity index (χ1) is 15.7. The Balaban J connectivity index is 1.70. The van der Waals surface area contributed by atoms with E-state index < -0.39 is 22.9 Å². The molecule has 0 bridgehead atoms. The molecule has 33 heavy (non-hydrogen) atoms. The van der Waals surface area contributed by atoms with Crippen molar-refractivity contribution >= 4 is 22.6 Å². The summed E-state index contributed by atoms with van der Waals surface area (Å²) in [6, 6.07) is 6.86. The van der Waals surface area contributed by atoms with Crippen LogP contribution >= 0.6 is 0 Å². The number of phenols is 2. The monoisotopic (exact) mass is 456 g/mol. The molecule has 0 saturated carbocycles. The molecule has 2 fully saturated rings. The quantitative estimate of drug-likeness (QED) is 0.581.